The molecule has 0 atom stereocenters. The standard InChI is InChI=1S/C17H19ClN2O4/c1-10-7-11(22-2)5-6-13(10)19-17(21)20-14-9-15(23-3)12(18)8-16(14)24-4/h5-9H,1-4H3,(H2,19,20,21). The molecule has 0 saturated heterocycles. The van der Waals surface area contributed by atoms with Crippen LogP contribution in [0.5, 0.6) is 17.2 Å². The van der Waals surface area contributed by atoms with E-state index < -0.39 is 6.03 Å². The van der Waals surface area contributed by atoms with Gasteiger partial charge in [-0.1, -0.05) is 11.6 Å². The molecule has 2 aromatic rings. The Kier molecular flexibility index (Phi) is 5.76. The number of nitrogens with one attached hydrogen (secondary N) is 2. The molecule has 0 aromatic heterocycles. The zero-order valence-corrected chi connectivity index (χ0v) is 14.7. The fraction of sp³-hybridized carbons (Fsp3) is 0.235. The van der Waals surface area contributed by atoms with Crippen molar-refractivity contribution in [3.05, 3.63) is 40.9 Å². The van der Waals surface area contributed by atoms with Crippen molar-refractivity contribution in [1.29, 1.82) is 0 Å². The van der Waals surface area contributed by atoms with Crippen molar-refractivity contribution in [3.63, 3.8) is 0 Å². The lowest BCUT2D eigenvalue weighted by atomic mass is 10.2. The maximum atomic E-state index is 12.3. The summed E-state index contributed by atoms with van der Waals surface area (Å²) in [5, 5.41) is 5.90. The average Bonchev–Trinajstić information content (AvgIpc) is 2.57. The van der Waals surface area contributed by atoms with Gasteiger partial charge in [0.15, 0.2) is 0 Å². The highest BCUT2D eigenvalue weighted by molar-refractivity contribution is 6.32. The molecule has 7 heteroatoms. The van der Waals surface area contributed by atoms with Crippen molar-refractivity contribution >= 4 is 29.0 Å². The SMILES string of the molecule is COc1ccc(NC(=O)Nc2cc(OC)c(Cl)cc2OC)c(C)c1. The number of hydrogen-bond donors (Lipinski definition) is 2. The molecule has 0 unspecified atom stereocenters. The number of ether oxygens (including phenoxy) is 3. The van der Waals surface area contributed by atoms with Crippen molar-refractivity contribution in [3.8, 4) is 17.2 Å². The number of carbonyl (C=O) groups excluding carboxylic acids is 1. The van der Waals surface area contributed by atoms with Crippen LogP contribution in [-0.2, 0) is 0 Å². The molecule has 24 heavy (non-hydrogen) atoms. The second-order valence-corrected chi connectivity index (χ2v) is 5.35. The van der Waals surface area contributed by atoms with Crippen molar-refractivity contribution in [2.45, 2.75) is 6.92 Å². The maximum absolute atomic E-state index is 12.3. The van der Waals surface area contributed by atoms with Crippen LogP contribution < -0.4 is 24.8 Å². The third-order valence-corrected chi connectivity index (χ3v) is 3.70. The van der Waals surface area contributed by atoms with E-state index in [1.807, 2.05) is 13.0 Å². The first-order chi connectivity index (χ1) is 11.5. The predicted molar refractivity (Wildman–Crippen MR) is 94.9 cm³/mol. The quantitative estimate of drug-likeness (QED) is 0.842. The number of urea groups is 1. The van der Waals surface area contributed by atoms with Gasteiger partial charge in [0.2, 0.25) is 0 Å². The van der Waals surface area contributed by atoms with Gasteiger partial charge in [0.25, 0.3) is 0 Å². The van der Waals surface area contributed by atoms with Crippen LogP contribution in [0.3, 0.4) is 0 Å². The Morgan fingerprint density at radius 3 is 2.17 bits per heavy atom. The summed E-state index contributed by atoms with van der Waals surface area (Å²) >= 11 is 6.05. The number of halogens is 1. The largest absolute Gasteiger partial charge is 0.497 e. The van der Waals surface area contributed by atoms with E-state index in [2.05, 4.69) is 10.6 Å². The van der Waals surface area contributed by atoms with Gasteiger partial charge in [-0.2, -0.15) is 0 Å². The second-order valence-electron chi connectivity index (χ2n) is 4.95. The molecule has 0 fully saturated rings. The zero-order chi connectivity index (χ0) is 17.7. The van der Waals surface area contributed by atoms with E-state index in [4.69, 9.17) is 25.8 Å². The van der Waals surface area contributed by atoms with Crippen LogP contribution in [-0.4, -0.2) is 27.4 Å². The molecule has 2 aromatic carbocycles. The Bertz CT molecular complexity index is 750. The summed E-state index contributed by atoms with van der Waals surface area (Å²) in [6, 6.07) is 8.14. The summed E-state index contributed by atoms with van der Waals surface area (Å²) < 4.78 is 15.5. The fourth-order valence-electron chi connectivity index (χ4n) is 2.14. The number of carbonyl (C=O) groups is 1. The Balaban J connectivity index is 2.18. The fourth-order valence-corrected chi connectivity index (χ4v) is 2.37. The first kappa shape index (κ1) is 17.7. The molecule has 128 valence electrons. The summed E-state index contributed by atoms with van der Waals surface area (Å²) in [6.07, 6.45) is 0. The van der Waals surface area contributed by atoms with E-state index >= 15 is 0 Å². The van der Waals surface area contributed by atoms with Crippen LogP contribution in [0.25, 0.3) is 0 Å². The van der Waals surface area contributed by atoms with Gasteiger partial charge in [-0.15, -0.1) is 0 Å². The van der Waals surface area contributed by atoms with E-state index in [9.17, 15) is 4.79 Å². The molecule has 6 nitrogen and oxygen atoms in total. The number of anilines is 2. The van der Waals surface area contributed by atoms with E-state index in [0.29, 0.717) is 27.9 Å². The third-order valence-electron chi connectivity index (χ3n) is 3.40. The number of amides is 2. The van der Waals surface area contributed by atoms with Gasteiger partial charge in [-0.25, -0.2) is 4.79 Å². The zero-order valence-electron chi connectivity index (χ0n) is 13.9. The van der Waals surface area contributed by atoms with E-state index in [0.717, 1.165) is 11.3 Å². The van der Waals surface area contributed by atoms with Crippen LogP contribution in [0.15, 0.2) is 30.3 Å². The van der Waals surface area contributed by atoms with Crippen molar-refractivity contribution < 1.29 is 19.0 Å². The van der Waals surface area contributed by atoms with Gasteiger partial charge < -0.3 is 24.8 Å². The van der Waals surface area contributed by atoms with Crippen molar-refractivity contribution in [2.24, 2.45) is 0 Å². The van der Waals surface area contributed by atoms with Crippen LogP contribution >= 0.6 is 11.6 Å². The molecular formula is C17H19ClN2O4. The lowest BCUT2D eigenvalue weighted by molar-refractivity contribution is 0.262. The third kappa shape index (κ3) is 4.02. The highest BCUT2D eigenvalue weighted by atomic mass is 35.5. The minimum absolute atomic E-state index is 0.395. The molecule has 0 aliphatic carbocycles. The number of benzene rings is 2. The molecular weight excluding hydrogens is 332 g/mol. The van der Waals surface area contributed by atoms with Crippen molar-refractivity contribution in [2.75, 3.05) is 32.0 Å². The molecule has 0 saturated carbocycles. The molecule has 0 aliphatic heterocycles. The summed E-state index contributed by atoms with van der Waals surface area (Å²) in [5.41, 5.74) is 2.00. The molecule has 0 aliphatic rings. The number of rotatable bonds is 5. The highest BCUT2D eigenvalue weighted by Gasteiger charge is 2.13. The monoisotopic (exact) mass is 350 g/mol. The van der Waals surface area contributed by atoms with Gasteiger partial charge in [0.05, 0.1) is 32.0 Å². The lowest BCUT2D eigenvalue weighted by Gasteiger charge is -2.14. The molecule has 0 spiro atoms. The van der Waals surface area contributed by atoms with Gasteiger partial charge in [-0.3, -0.25) is 0 Å². The van der Waals surface area contributed by atoms with Gasteiger partial charge in [0.1, 0.15) is 17.2 Å². The van der Waals surface area contributed by atoms with Crippen LogP contribution in [0, 0.1) is 6.92 Å². The summed E-state index contributed by atoms with van der Waals surface area (Å²) in [5.74, 6) is 1.60. The number of methoxy groups -OCH3 is 3. The van der Waals surface area contributed by atoms with E-state index in [1.165, 1.54) is 14.2 Å². The van der Waals surface area contributed by atoms with Crippen LogP contribution in [0.2, 0.25) is 5.02 Å². The smallest absolute Gasteiger partial charge is 0.323 e. The Labute approximate surface area is 145 Å². The summed E-state index contributed by atoms with van der Waals surface area (Å²) in [7, 11) is 4.59. The topological polar surface area (TPSA) is 68.8 Å². The molecule has 2 N–H and O–H groups in total. The normalized spacial score (nSPS) is 10.0. The van der Waals surface area contributed by atoms with Crippen molar-refractivity contribution in [1.82, 2.24) is 0 Å². The second kappa shape index (κ2) is 7.79. The first-order valence-corrected chi connectivity index (χ1v) is 7.50. The predicted octanol–water partition coefficient (Wildman–Crippen LogP) is 4.32. The van der Waals surface area contributed by atoms with Gasteiger partial charge >= 0.3 is 6.03 Å². The van der Waals surface area contributed by atoms with Crippen LogP contribution in [0.1, 0.15) is 5.56 Å². The van der Waals surface area contributed by atoms with Crippen LogP contribution in [0.4, 0.5) is 16.2 Å². The minimum Gasteiger partial charge on any atom is -0.497 e. The Hall–Kier alpha value is -2.60. The highest BCUT2D eigenvalue weighted by Crippen LogP contribution is 2.36. The van der Waals surface area contributed by atoms with Gasteiger partial charge in [-0.05, 0) is 30.7 Å². The van der Waals surface area contributed by atoms with E-state index in [1.54, 1.807) is 31.4 Å². The summed E-state index contributed by atoms with van der Waals surface area (Å²) in [6.45, 7) is 1.88. The lowest BCUT2D eigenvalue weighted by Crippen LogP contribution is -2.20. The number of aryl methyl sites for hydroxylation is 1. The Morgan fingerprint density at radius 1 is 0.917 bits per heavy atom. The van der Waals surface area contributed by atoms with Gasteiger partial charge in [0, 0.05) is 17.8 Å². The average molecular weight is 351 g/mol. The molecule has 0 radical (unpaired) electrons. The molecule has 2 amide bonds. The molecule has 2 rings (SSSR count). The Morgan fingerprint density at radius 2 is 1.58 bits per heavy atom. The maximum Gasteiger partial charge on any atom is 0.323 e. The minimum atomic E-state index is -0.411. The first-order valence-electron chi connectivity index (χ1n) is 7.12. The summed E-state index contributed by atoms with van der Waals surface area (Å²) in [4.78, 5) is 12.3. The molecule has 0 bridgehead atoms. The molecule has 0 heterocycles. The number of hydrogen-bond acceptors (Lipinski definition) is 4. The van der Waals surface area contributed by atoms with E-state index in [-0.39, 0.29) is 0 Å².